The van der Waals surface area contributed by atoms with Crippen molar-refractivity contribution in [3.63, 3.8) is 0 Å². The Hall–Kier alpha value is -2.04. The van der Waals surface area contributed by atoms with E-state index in [2.05, 4.69) is 0 Å². The predicted octanol–water partition coefficient (Wildman–Crippen LogP) is 2.55. The van der Waals surface area contributed by atoms with Crippen molar-refractivity contribution in [2.45, 2.75) is 134 Å². The van der Waals surface area contributed by atoms with Crippen LogP contribution in [0.1, 0.15) is 60.8 Å². The topological polar surface area (TPSA) is 163 Å². The lowest BCUT2D eigenvalue weighted by Crippen LogP contribution is -2.59. The van der Waals surface area contributed by atoms with E-state index in [0.717, 1.165) is 0 Å². The molecule has 3 heterocycles. The minimum atomic E-state index is -1.85. The minimum absolute atomic E-state index is 0.110. The van der Waals surface area contributed by atoms with E-state index in [1.54, 1.807) is 19.9 Å². The third kappa shape index (κ3) is 10.8. The Kier molecular flexibility index (Phi) is 16.2. The van der Waals surface area contributed by atoms with Gasteiger partial charge in [0, 0.05) is 38.2 Å². The molecule has 0 bridgehead atoms. The van der Waals surface area contributed by atoms with Gasteiger partial charge < -0.3 is 53.4 Å². The zero-order valence-corrected chi connectivity index (χ0v) is 31.3. The molecule has 3 aliphatic heterocycles. The first-order valence-electron chi connectivity index (χ1n) is 17.7. The molecule has 0 aromatic heterocycles. The highest BCUT2D eigenvalue weighted by atomic mass is 16.7. The van der Waals surface area contributed by atoms with Crippen molar-refractivity contribution < 1.29 is 58.1 Å². The first-order valence-corrected chi connectivity index (χ1v) is 17.7. The monoisotopic (exact) mass is 711 g/mol. The number of allylic oxidation sites excluding steroid dienone is 3. The molecule has 2 saturated heterocycles. The molecule has 50 heavy (non-hydrogen) atoms. The summed E-state index contributed by atoms with van der Waals surface area (Å²) in [6.45, 7) is 10.7. The van der Waals surface area contributed by atoms with Crippen LogP contribution in [0.5, 0.6) is 0 Å². The van der Waals surface area contributed by atoms with Gasteiger partial charge in [-0.25, -0.2) is 4.79 Å². The number of carbonyl (C=O) groups is 2. The summed E-state index contributed by atoms with van der Waals surface area (Å²) in [4.78, 5) is 28.5. The van der Waals surface area contributed by atoms with Gasteiger partial charge >= 0.3 is 5.97 Å². The van der Waals surface area contributed by atoms with Crippen molar-refractivity contribution in [3.05, 3.63) is 36.5 Å². The largest absolute Gasteiger partial charge is 0.456 e. The van der Waals surface area contributed by atoms with Crippen molar-refractivity contribution in [1.29, 1.82) is 0 Å². The Morgan fingerprint density at radius 3 is 2.20 bits per heavy atom. The molecule has 0 spiro atoms. The number of hydrogen-bond donors (Lipinski definition) is 3. The lowest BCUT2D eigenvalue weighted by atomic mass is 9.84. The van der Waals surface area contributed by atoms with Crippen molar-refractivity contribution in [2.24, 2.45) is 17.8 Å². The van der Waals surface area contributed by atoms with Crippen LogP contribution in [-0.4, -0.2) is 140 Å². The third-order valence-electron chi connectivity index (χ3n) is 10.1. The van der Waals surface area contributed by atoms with Gasteiger partial charge in [-0.2, -0.15) is 0 Å². The van der Waals surface area contributed by atoms with Crippen LogP contribution >= 0.6 is 0 Å². The number of methoxy groups -OCH3 is 2. The number of ketones is 1. The van der Waals surface area contributed by atoms with Gasteiger partial charge in [-0.05, 0) is 65.3 Å². The lowest BCUT2D eigenvalue weighted by molar-refractivity contribution is -0.310. The molecule has 0 aliphatic carbocycles. The smallest absolute Gasteiger partial charge is 0.330 e. The van der Waals surface area contributed by atoms with E-state index in [4.69, 9.17) is 33.2 Å². The third-order valence-corrected chi connectivity index (χ3v) is 10.1. The highest BCUT2D eigenvalue weighted by Crippen LogP contribution is 2.32. The molecule has 286 valence electrons. The number of nitrogens with zero attached hydrogens (tertiary/aromatic N) is 1. The van der Waals surface area contributed by atoms with Crippen LogP contribution in [0.4, 0.5) is 0 Å². The van der Waals surface area contributed by atoms with Gasteiger partial charge in [0.05, 0.1) is 24.9 Å². The average molecular weight is 712 g/mol. The summed E-state index contributed by atoms with van der Waals surface area (Å²) < 4.78 is 41.3. The molecule has 0 radical (unpaired) electrons. The Balaban J connectivity index is 1.90. The standard InChI is InChI=1S/C37H61NO12/c1-11-28-37(43,20-46-36-34(45-10)33(44-9)30(41)25(6)48-36)17-13-12-14-27(39)22(3)18-23(4)32(21(2)15-16-29(40)49-28)50-35-31(42)26(38(7)8)19-24(5)47-35/h12-17,21-26,28,30-36,41-43H,11,18-20H2,1-10H3/b14-12+,16-15+,17-13+/t21-,22+,23-,24?,25?,26?,28+,30?,31?,32+,33?,34?,35?,36?,37-/m0/s1. The minimum Gasteiger partial charge on any atom is -0.456 e. The Labute approximate surface area is 297 Å². The first kappa shape index (κ1) is 42.4. The summed E-state index contributed by atoms with van der Waals surface area (Å²) in [7, 11) is 6.70. The van der Waals surface area contributed by atoms with Gasteiger partial charge in [0.1, 0.15) is 36.1 Å². The molecule has 15 atom stereocenters. The molecule has 13 heteroatoms. The maximum absolute atomic E-state index is 13.3. The Morgan fingerprint density at radius 1 is 0.900 bits per heavy atom. The molecule has 13 nitrogen and oxygen atoms in total. The summed E-state index contributed by atoms with van der Waals surface area (Å²) in [5.74, 6) is -1.66. The second-order valence-corrected chi connectivity index (χ2v) is 14.4. The highest BCUT2D eigenvalue weighted by molar-refractivity contribution is 5.91. The molecular formula is C37H61NO12. The van der Waals surface area contributed by atoms with E-state index < -0.39 is 66.9 Å². The average Bonchev–Trinajstić information content (AvgIpc) is 3.07. The maximum Gasteiger partial charge on any atom is 0.330 e. The van der Waals surface area contributed by atoms with Gasteiger partial charge in [-0.15, -0.1) is 0 Å². The van der Waals surface area contributed by atoms with E-state index in [-0.39, 0.29) is 48.7 Å². The van der Waals surface area contributed by atoms with Gasteiger partial charge in [-0.3, -0.25) is 4.79 Å². The summed E-state index contributed by atoms with van der Waals surface area (Å²) in [6.07, 6.45) is 2.53. The lowest BCUT2D eigenvalue weighted by Gasteiger charge is -2.43. The SMILES string of the molecule is CC[C@H]1OC(=O)/C=C/[C@H](C)[C@@H](OC2OC(C)CC(N(C)C)C2O)[C@@H](C)C[C@@H](C)C(=O)/C=C/C=C/[C@]1(O)COC1OC(C)C(O)C(OC)C1OC. The highest BCUT2D eigenvalue weighted by Gasteiger charge is 2.47. The number of hydrogen-bond acceptors (Lipinski definition) is 13. The fourth-order valence-corrected chi connectivity index (χ4v) is 7.09. The van der Waals surface area contributed by atoms with Crippen molar-refractivity contribution in [3.8, 4) is 0 Å². The fourth-order valence-electron chi connectivity index (χ4n) is 7.09. The van der Waals surface area contributed by atoms with E-state index >= 15 is 0 Å². The quantitative estimate of drug-likeness (QED) is 0.300. The molecule has 3 N–H and O–H groups in total. The van der Waals surface area contributed by atoms with Crippen LogP contribution in [0, 0.1) is 17.8 Å². The second-order valence-electron chi connectivity index (χ2n) is 14.4. The fraction of sp³-hybridized carbons (Fsp3) is 0.784. The van der Waals surface area contributed by atoms with E-state index in [1.165, 1.54) is 44.6 Å². The van der Waals surface area contributed by atoms with Crippen LogP contribution in [0.3, 0.4) is 0 Å². The molecule has 0 aromatic carbocycles. The number of aliphatic hydroxyl groups is 3. The molecule has 0 amide bonds. The summed E-state index contributed by atoms with van der Waals surface area (Å²) >= 11 is 0. The molecule has 3 aliphatic rings. The number of rotatable bonds is 9. The molecule has 0 aromatic rings. The summed E-state index contributed by atoms with van der Waals surface area (Å²) in [5.41, 5.74) is -1.85. The van der Waals surface area contributed by atoms with Gasteiger partial charge in [0.15, 0.2) is 18.4 Å². The molecular weight excluding hydrogens is 650 g/mol. The summed E-state index contributed by atoms with van der Waals surface area (Å²) in [5, 5.41) is 33.7. The molecule has 2 fully saturated rings. The van der Waals surface area contributed by atoms with E-state index in [0.29, 0.717) is 12.8 Å². The zero-order valence-electron chi connectivity index (χ0n) is 31.3. The number of esters is 1. The van der Waals surface area contributed by atoms with Crippen LogP contribution < -0.4 is 0 Å². The van der Waals surface area contributed by atoms with Crippen LogP contribution in [0.25, 0.3) is 0 Å². The summed E-state index contributed by atoms with van der Waals surface area (Å²) in [6, 6.07) is -0.167. The number of likely N-dealkylation sites (N-methyl/N-ethyl adjacent to an activating group) is 1. The second kappa shape index (κ2) is 19.2. The van der Waals surface area contributed by atoms with E-state index in [9.17, 15) is 24.9 Å². The van der Waals surface area contributed by atoms with Crippen LogP contribution in [-0.2, 0) is 42.7 Å². The molecule has 9 unspecified atom stereocenters. The maximum atomic E-state index is 13.3. The molecule has 0 saturated carbocycles. The zero-order chi connectivity index (χ0) is 37.3. The van der Waals surface area contributed by atoms with Crippen molar-refractivity contribution >= 4 is 11.8 Å². The van der Waals surface area contributed by atoms with Gasteiger partial charge in [0.2, 0.25) is 0 Å². The Morgan fingerprint density at radius 2 is 1.58 bits per heavy atom. The number of ether oxygens (including phenoxy) is 7. The van der Waals surface area contributed by atoms with Crippen LogP contribution in [0.2, 0.25) is 0 Å². The number of aliphatic hydroxyl groups excluding tert-OH is 2. The predicted molar refractivity (Wildman–Crippen MR) is 185 cm³/mol. The number of cyclic esters (lactones) is 1. The Bertz CT molecular complexity index is 1180. The molecule has 3 rings (SSSR count). The number of carbonyl (C=O) groups excluding carboxylic acids is 2. The normalized spacial score (nSPS) is 44.4. The van der Waals surface area contributed by atoms with Crippen LogP contribution in [0.15, 0.2) is 36.5 Å². The van der Waals surface area contributed by atoms with Gasteiger partial charge in [0.25, 0.3) is 0 Å². The van der Waals surface area contributed by atoms with Crippen molar-refractivity contribution in [2.75, 3.05) is 34.9 Å². The van der Waals surface area contributed by atoms with Gasteiger partial charge in [-0.1, -0.05) is 45.9 Å². The first-order chi connectivity index (χ1) is 23.6. The van der Waals surface area contributed by atoms with Crippen molar-refractivity contribution in [1.82, 2.24) is 4.90 Å². The van der Waals surface area contributed by atoms with E-state index in [1.807, 2.05) is 46.7 Å².